The molecule has 0 aromatic rings. The standard InChI is InChI=1S/C8H13NO2S/c1-12(10,11)9-7-3-2-4-8(9)6-5-7/h2-3,7-8H,4-6H2,1H3. The molecule has 2 aliphatic heterocycles. The summed E-state index contributed by atoms with van der Waals surface area (Å²) < 4.78 is 24.3. The predicted molar refractivity (Wildman–Crippen MR) is 47.2 cm³/mol. The molecule has 4 heteroatoms. The topological polar surface area (TPSA) is 37.4 Å². The number of nitrogens with zero attached hydrogens (tertiary/aromatic N) is 1. The number of rotatable bonds is 1. The molecule has 0 radical (unpaired) electrons. The minimum atomic E-state index is -2.98. The largest absolute Gasteiger partial charge is 0.212 e. The van der Waals surface area contributed by atoms with Gasteiger partial charge in [0.25, 0.3) is 0 Å². The van der Waals surface area contributed by atoms with Crippen molar-refractivity contribution in [3.63, 3.8) is 0 Å². The summed E-state index contributed by atoms with van der Waals surface area (Å²) in [5.74, 6) is 0. The van der Waals surface area contributed by atoms with Gasteiger partial charge in [0.2, 0.25) is 10.0 Å². The molecular formula is C8H13NO2S. The van der Waals surface area contributed by atoms with Gasteiger partial charge in [-0.05, 0) is 19.3 Å². The van der Waals surface area contributed by atoms with Gasteiger partial charge >= 0.3 is 0 Å². The summed E-state index contributed by atoms with van der Waals surface area (Å²) in [7, 11) is -2.98. The van der Waals surface area contributed by atoms with E-state index in [2.05, 4.69) is 6.08 Å². The first-order valence-electron chi connectivity index (χ1n) is 4.24. The second kappa shape index (κ2) is 2.57. The smallest absolute Gasteiger partial charge is 0.212 e. The van der Waals surface area contributed by atoms with Gasteiger partial charge in [0.1, 0.15) is 0 Å². The van der Waals surface area contributed by atoms with E-state index in [9.17, 15) is 8.42 Å². The molecule has 0 amide bonds. The van der Waals surface area contributed by atoms with Crippen LogP contribution in [-0.4, -0.2) is 31.1 Å². The van der Waals surface area contributed by atoms with Gasteiger partial charge < -0.3 is 0 Å². The summed E-state index contributed by atoms with van der Waals surface area (Å²) in [5.41, 5.74) is 0. The van der Waals surface area contributed by atoms with Crippen LogP contribution in [0.15, 0.2) is 12.2 Å². The van der Waals surface area contributed by atoms with E-state index >= 15 is 0 Å². The van der Waals surface area contributed by atoms with Gasteiger partial charge in [0.15, 0.2) is 0 Å². The fraction of sp³-hybridized carbons (Fsp3) is 0.750. The van der Waals surface area contributed by atoms with E-state index in [-0.39, 0.29) is 12.1 Å². The van der Waals surface area contributed by atoms with Crippen molar-refractivity contribution in [3.8, 4) is 0 Å². The predicted octanol–water partition coefficient (Wildman–Crippen LogP) is 0.739. The third-order valence-electron chi connectivity index (χ3n) is 2.63. The lowest BCUT2D eigenvalue weighted by Crippen LogP contribution is -2.41. The van der Waals surface area contributed by atoms with Crippen LogP contribution >= 0.6 is 0 Å². The number of sulfonamides is 1. The Morgan fingerprint density at radius 2 is 2.17 bits per heavy atom. The van der Waals surface area contributed by atoms with Crippen molar-refractivity contribution in [3.05, 3.63) is 12.2 Å². The minimum Gasteiger partial charge on any atom is -0.212 e. The van der Waals surface area contributed by atoms with E-state index in [1.165, 1.54) is 6.26 Å². The van der Waals surface area contributed by atoms with Crippen LogP contribution in [0.25, 0.3) is 0 Å². The molecule has 3 nitrogen and oxygen atoms in total. The van der Waals surface area contributed by atoms with Gasteiger partial charge in [-0.3, -0.25) is 0 Å². The van der Waals surface area contributed by atoms with E-state index in [1.54, 1.807) is 4.31 Å². The second-order valence-electron chi connectivity index (χ2n) is 3.56. The second-order valence-corrected chi connectivity index (χ2v) is 5.44. The highest BCUT2D eigenvalue weighted by Gasteiger charge is 2.39. The van der Waals surface area contributed by atoms with E-state index in [0.717, 1.165) is 19.3 Å². The lowest BCUT2D eigenvalue weighted by Gasteiger charge is -2.28. The van der Waals surface area contributed by atoms with Gasteiger partial charge in [0.05, 0.1) is 6.26 Å². The van der Waals surface area contributed by atoms with Gasteiger partial charge in [-0.1, -0.05) is 12.2 Å². The number of hydrogen-bond donors (Lipinski definition) is 0. The van der Waals surface area contributed by atoms with Crippen molar-refractivity contribution < 1.29 is 8.42 Å². The molecule has 1 saturated heterocycles. The lowest BCUT2D eigenvalue weighted by atomic mass is 10.2. The summed E-state index contributed by atoms with van der Waals surface area (Å²) in [6, 6.07) is 0.397. The quantitative estimate of drug-likeness (QED) is 0.568. The number of fused-ring (bicyclic) bond motifs is 2. The highest BCUT2D eigenvalue weighted by Crippen LogP contribution is 2.33. The summed E-state index contributed by atoms with van der Waals surface area (Å²) >= 11 is 0. The summed E-state index contributed by atoms with van der Waals surface area (Å²) in [5, 5.41) is 0. The molecule has 0 aromatic carbocycles. The van der Waals surface area contributed by atoms with Crippen LogP contribution in [0.5, 0.6) is 0 Å². The molecule has 12 heavy (non-hydrogen) atoms. The van der Waals surface area contributed by atoms with Crippen molar-refractivity contribution in [2.24, 2.45) is 0 Å². The zero-order valence-corrected chi connectivity index (χ0v) is 7.92. The van der Waals surface area contributed by atoms with Crippen molar-refractivity contribution in [2.75, 3.05) is 6.26 Å². The third kappa shape index (κ3) is 1.19. The number of hydrogen-bond acceptors (Lipinski definition) is 2. The Labute approximate surface area is 73.1 Å². The molecule has 0 saturated carbocycles. The molecule has 2 atom stereocenters. The summed E-state index contributed by atoms with van der Waals surface area (Å²) in [6.07, 6.45) is 8.33. The molecule has 2 aliphatic rings. The first kappa shape index (κ1) is 8.26. The van der Waals surface area contributed by atoms with Crippen LogP contribution in [0.1, 0.15) is 19.3 Å². The molecule has 1 fully saturated rings. The maximum Gasteiger partial charge on any atom is 0.212 e. The molecule has 2 bridgehead atoms. The SMILES string of the molecule is CS(=O)(=O)N1C2C=CCC1CC2. The third-order valence-corrected chi connectivity index (χ3v) is 3.97. The Morgan fingerprint density at radius 1 is 1.42 bits per heavy atom. The first-order valence-corrected chi connectivity index (χ1v) is 6.09. The average molecular weight is 187 g/mol. The summed E-state index contributed by atoms with van der Waals surface area (Å²) in [4.78, 5) is 0. The van der Waals surface area contributed by atoms with Crippen LogP contribution < -0.4 is 0 Å². The van der Waals surface area contributed by atoms with Crippen molar-refractivity contribution in [1.29, 1.82) is 0 Å². The average Bonchev–Trinajstić information content (AvgIpc) is 2.23. The zero-order chi connectivity index (χ0) is 8.77. The van der Waals surface area contributed by atoms with E-state index in [0.29, 0.717) is 0 Å². The molecule has 2 heterocycles. The van der Waals surface area contributed by atoms with E-state index in [1.807, 2.05) is 6.08 Å². The van der Waals surface area contributed by atoms with Crippen LogP contribution in [-0.2, 0) is 10.0 Å². The molecule has 0 N–H and O–H groups in total. The fourth-order valence-electron chi connectivity index (χ4n) is 2.20. The van der Waals surface area contributed by atoms with Gasteiger partial charge in [-0.2, -0.15) is 4.31 Å². The van der Waals surface area contributed by atoms with Gasteiger partial charge in [-0.25, -0.2) is 8.42 Å². The van der Waals surface area contributed by atoms with Crippen molar-refractivity contribution in [2.45, 2.75) is 31.3 Å². The lowest BCUT2D eigenvalue weighted by molar-refractivity contribution is 0.344. The molecule has 0 aromatic heterocycles. The molecule has 68 valence electrons. The monoisotopic (exact) mass is 187 g/mol. The van der Waals surface area contributed by atoms with Gasteiger partial charge in [0, 0.05) is 12.1 Å². The van der Waals surface area contributed by atoms with Crippen LogP contribution in [0.4, 0.5) is 0 Å². The highest BCUT2D eigenvalue weighted by molar-refractivity contribution is 7.88. The Morgan fingerprint density at radius 3 is 2.67 bits per heavy atom. The maximum atomic E-state index is 11.3. The summed E-state index contributed by atoms with van der Waals surface area (Å²) in [6.45, 7) is 0. The Kier molecular flexibility index (Phi) is 1.77. The van der Waals surface area contributed by atoms with E-state index in [4.69, 9.17) is 0 Å². The highest BCUT2D eigenvalue weighted by atomic mass is 32.2. The molecular weight excluding hydrogens is 174 g/mol. The van der Waals surface area contributed by atoms with Crippen LogP contribution in [0.3, 0.4) is 0 Å². The normalized spacial score (nSPS) is 35.8. The molecule has 0 spiro atoms. The van der Waals surface area contributed by atoms with Gasteiger partial charge in [-0.15, -0.1) is 0 Å². The van der Waals surface area contributed by atoms with E-state index < -0.39 is 10.0 Å². The zero-order valence-electron chi connectivity index (χ0n) is 7.10. The molecule has 2 unspecified atom stereocenters. The molecule has 0 aliphatic carbocycles. The van der Waals surface area contributed by atoms with Crippen molar-refractivity contribution >= 4 is 10.0 Å². The van der Waals surface area contributed by atoms with Crippen molar-refractivity contribution in [1.82, 2.24) is 4.31 Å². The Bertz CT molecular complexity index is 307. The fourth-order valence-corrected chi connectivity index (χ4v) is 3.60. The Balaban J connectivity index is 2.35. The van der Waals surface area contributed by atoms with Crippen LogP contribution in [0.2, 0.25) is 0 Å². The Hall–Kier alpha value is -0.350. The van der Waals surface area contributed by atoms with Crippen LogP contribution in [0, 0.1) is 0 Å². The maximum absolute atomic E-state index is 11.3. The minimum absolute atomic E-state index is 0.152. The first-order chi connectivity index (χ1) is 5.59. The molecule has 2 rings (SSSR count).